The van der Waals surface area contributed by atoms with E-state index in [0.29, 0.717) is 5.69 Å². The third-order valence-corrected chi connectivity index (χ3v) is 2.88. The first-order chi connectivity index (χ1) is 8.39. The van der Waals surface area contributed by atoms with Crippen molar-refractivity contribution < 1.29 is 9.90 Å². The van der Waals surface area contributed by atoms with Crippen molar-refractivity contribution in [1.82, 2.24) is 9.97 Å². The van der Waals surface area contributed by atoms with Crippen LogP contribution in [-0.4, -0.2) is 21.0 Å². The average molecular weight is 244 g/mol. The number of carboxylic acids is 1. The van der Waals surface area contributed by atoms with Gasteiger partial charge in [-0.25, -0.2) is 9.78 Å². The Bertz CT molecular complexity index is 562. The molecule has 0 fully saturated rings. The van der Waals surface area contributed by atoms with Gasteiger partial charge in [0, 0.05) is 5.56 Å². The summed E-state index contributed by atoms with van der Waals surface area (Å²) in [7, 11) is 0. The molecule has 0 unspecified atom stereocenters. The van der Waals surface area contributed by atoms with Gasteiger partial charge in [-0.2, -0.15) is 0 Å². The van der Waals surface area contributed by atoms with E-state index < -0.39 is 5.97 Å². The molecule has 1 aromatic heterocycles. The molecule has 0 amide bonds. The van der Waals surface area contributed by atoms with Crippen molar-refractivity contribution in [2.75, 3.05) is 0 Å². The highest BCUT2D eigenvalue weighted by molar-refractivity contribution is 5.92. The van der Waals surface area contributed by atoms with Crippen LogP contribution >= 0.6 is 0 Å². The maximum atomic E-state index is 11.0. The van der Waals surface area contributed by atoms with E-state index in [-0.39, 0.29) is 11.1 Å². The smallest absolute Gasteiger partial charge is 0.354 e. The predicted molar refractivity (Wildman–Crippen MR) is 69.7 cm³/mol. The van der Waals surface area contributed by atoms with Crippen LogP contribution in [0.25, 0.3) is 11.3 Å². The van der Waals surface area contributed by atoms with Crippen LogP contribution in [0.1, 0.15) is 36.8 Å². The molecule has 0 saturated heterocycles. The topological polar surface area (TPSA) is 66.0 Å². The number of aromatic carboxylic acids is 1. The number of hydrogen-bond acceptors (Lipinski definition) is 2. The van der Waals surface area contributed by atoms with Gasteiger partial charge in [-0.3, -0.25) is 0 Å². The van der Waals surface area contributed by atoms with E-state index >= 15 is 0 Å². The molecule has 0 spiro atoms. The van der Waals surface area contributed by atoms with Crippen molar-refractivity contribution in [2.45, 2.75) is 26.2 Å². The van der Waals surface area contributed by atoms with Gasteiger partial charge in [0.2, 0.25) is 0 Å². The summed E-state index contributed by atoms with van der Waals surface area (Å²) in [5.41, 5.74) is 2.70. The summed E-state index contributed by atoms with van der Waals surface area (Å²) in [6, 6.07) is 7.83. The zero-order valence-electron chi connectivity index (χ0n) is 10.7. The Kier molecular flexibility index (Phi) is 2.95. The van der Waals surface area contributed by atoms with Crippen LogP contribution < -0.4 is 0 Å². The summed E-state index contributed by atoms with van der Waals surface area (Å²) >= 11 is 0. The molecule has 0 aliphatic rings. The summed E-state index contributed by atoms with van der Waals surface area (Å²) in [5, 5.41) is 9.03. The molecule has 1 heterocycles. The van der Waals surface area contributed by atoms with Gasteiger partial charge in [-0.05, 0) is 11.0 Å². The van der Waals surface area contributed by atoms with Crippen molar-refractivity contribution >= 4 is 5.97 Å². The van der Waals surface area contributed by atoms with Crippen LogP contribution in [0.5, 0.6) is 0 Å². The van der Waals surface area contributed by atoms with Gasteiger partial charge in [-0.15, -0.1) is 0 Å². The quantitative estimate of drug-likeness (QED) is 0.853. The number of rotatable bonds is 2. The first-order valence-electron chi connectivity index (χ1n) is 5.77. The zero-order valence-corrected chi connectivity index (χ0v) is 10.7. The molecule has 0 aliphatic carbocycles. The maximum Gasteiger partial charge on any atom is 0.354 e. The summed E-state index contributed by atoms with van der Waals surface area (Å²) in [6.07, 6.45) is 1.40. The third-order valence-electron chi connectivity index (χ3n) is 2.88. The second-order valence-corrected chi connectivity index (χ2v) is 5.26. The van der Waals surface area contributed by atoms with Crippen molar-refractivity contribution in [3.8, 4) is 11.3 Å². The molecule has 18 heavy (non-hydrogen) atoms. The normalized spacial score (nSPS) is 11.5. The third kappa shape index (κ3) is 2.27. The fourth-order valence-corrected chi connectivity index (χ4v) is 1.80. The van der Waals surface area contributed by atoms with Gasteiger partial charge in [0.05, 0.1) is 6.33 Å². The highest BCUT2D eigenvalue weighted by Crippen LogP contribution is 2.26. The molecule has 94 valence electrons. The number of benzene rings is 1. The van der Waals surface area contributed by atoms with Crippen LogP contribution in [0.3, 0.4) is 0 Å². The molecule has 0 aliphatic heterocycles. The maximum absolute atomic E-state index is 11.0. The molecule has 0 atom stereocenters. The standard InChI is InChI=1S/C14H16N2O2/c1-14(2,3)10-6-4-9(5-7-10)11-12(13(17)18)16-8-15-11/h4-8H,1-3H3,(H,15,16)(H,17,18). The first kappa shape index (κ1) is 12.4. The van der Waals surface area contributed by atoms with Gasteiger partial charge in [-0.1, -0.05) is 45.0 Å². The lowest BCUT2D eigenvalue weighted by molar-refractivity contribution is 0.0692. The van der Waals surface area contributed by atoms with E-state index in [4.69, 9.17) is 5.11 Å². The Morgan fingerprint density at radius 2 is 1.83 bits per heavy atom. The number of aromatic nitrogens is 2. The molecular weight excluding hydrogens is 228 g/mol. The Morgan fingerprint density at radius 3 is 2.33 bits per heavy atom. The lowest BCUT2D eigenvalue weighted by atomic mass is 9.86. The number of imidazole rings is 1. The molecule has 0 saturated carbocycles. The molecule has 4 nitrogen and oxygen atoms in total. The van der Waals surface area contributed by atoms with Gasteiger partial charge in [0.15, 0.2) is 5.69 Å². The highest BCUT2D eigenvalue weighted by Gasteiger charge is 2.16. The van der Waals surface area contributed by atoms with E-state index in [2.05, 4.69) is 30.7 Å². The average Bonchev–Trinajstić information content (AvgIpc) is 2.77. The predicted octanol–water partition coefficient (Wildman–Crippen LogP) is 3.07. The molecular formula is C14H16N2O2. The van der Waals surface area contributed by atoms with Crippen molar-refractivity contribution in [3.63, 3.8) is 0 Å². The van der Waals surface area contributed by atoms with Crippen LogP contribution in [-0.2, 0) is 5.41 Å². The van der Waals surface area contributed by atoms with Crippen LogP contribution in [0.15, 0.2) is 30.6 Å². The number of carboxylic acid groups (broad SMARTS) is 1. The van der Waals surface area contributed by atoms with Crippen LogP contribution in [0.4, 0.5) is 0 Å². The molecule has 1 aromatic carbocycles. The number of carbonyl (C=O) groups is 1. The number of aromatic amines is 1. The van der Waals surface area contributed by atoms with Crippen molar-refractivity contribution in [2.24, 2.45) is 0 Å². The van der Waals surface area contributed by atoms with Crippen LogP contribution in [0.2, 0.25) is 0 Å². The minimum Gasteiger partial charge on any atom is -0.477 e. The molecule has 2 rings (SSSR count). The zero-order chi connectivity index (χ0) is 13.3. The molecule has 0 radical (unpaired) electrons. The fourth-order valence-electron chi connectivity index (χ4n) is 1.80. The minimum absolute atomic E-state index is 0.0831. The van der Waals surface area contributed by atoms with E-state index in [9.17, 15) is 4.79 Å². The lowest BCUT2D eigenvalue weighted by Gasteiger charge is -2.18. The Labute approximate surface area is 106 Å². The summed E-state index contributed by atoms with van der Waals surface area (Å²) in [6.45, 7) is 6.41. The SMILES string of the molecule is CC(C)(C)c1ccc(-c2nc[nH]c2C(=O)O)cc1. The number of nitrogens with zero attached hydrogens (tertiary/aromatic N) is 1. The fraction of sp³-hybridized carbons (Fsp3) is 0.286. The highest BCUT2D eigenvalue weighted by atomic mass is 16.4. The van der Waals surface area contributed by atoms with Gasteiger partial charge >= 0.3 is 5.97 Å². The summed E-state index contributed by atoms with van der Waals surface area (Å²) < 4.78 is 0. The van der Waals surface area contributed by atoms with Crippen molar-refractivity contribution in [1.29, 1.82) is 0 Å². The van der Waals surface area contributed by atoms with Gasteiger partial charge < -0.3 is 10.1 Å². The Morgan fingerprint density at radius 1 is 1.22 bits per heavy atom. The number of nitrogens with one attached hydrogen (secondary N) is 1. The van der Waals surface area contributed by atoms with Gasteiger partial charge in [0.25, 0.3) is 0 Å². The Hall–Kier alpha value is -2.10. The summed E-state index contributed by atoms with van der Waals surface area (Å²) in [4.78, 5) is 17.7. The van der Waals surface area contributed by atoms with Crippen molar-refractivity contribution in [3.05, 3.63) is 41.9 Å². The first-order valence-corrected chi connectivity index (χ1v) is 5.77. The largest absolute Gasteiger partial charge is 0.477 e. The molecule has 2 N–H and O–H groups in total. The minimum atomic E-state index is -0.998. The lowest BCUT2D eigenvalue weighted by Crippen LogP contribution is -2.10. The van der Waals surface area contributed by atoms with E-state index in [1.54, 1.807) is 0 Å². The van der Waals surface area contributed by atoms with E-state index in [1.807, 2.05) is 24.3 Å². The molecule has 2 aromatic rings. The Balaban J connectivity index is 2.41. The van der Waals surface area contributed by atoms with Gasteiger partial charge in [0.1, 0.15) is 5.69 Å². The number of H-pyrrole nitrogens is 1. The molecule has 0 bridgehead atoms. The summed E-state index contributed by atoms with van der Waals surface area (Å²) in [5.74, 6) is -0.998. The second-order valence-electron chi connectivity index (χ2n) is 5.26. The number of hydrogen-bond donors (Lipinski definition) is 2. The van der Waals surface area contributed by atoms with E-state index in [1.165, 1.54) is 11.9 Å². The second kappa shape index (κ2) is 4.29. The monoisotopic (exact) mass is 244 g/mol. The van der Waals surface area contributed by atoms with E-state index in [0.717, 1.165) is 5.56 Å². The van der Waals surface area contributed by atoms with Crippen LogP contribution in [0, 0.1) is 0 Å². The molecule has 4 heteroatoms.